The van der Waals surface area contributed by atoms with Crippen molar-refractivity contribution >= 4 is 17.2 Å². The second kappa shape index (κ2) is 6.13. The van der Waals surface area contributed by atoms with Crippen LogP contribution in [0.4, 0.5) is 17.2 Å². The smallest absolute Gasteiger partial charge is 0.248 e. The SMILES string of the molecule is CN(c1ccccc1)c1ncnc(Oc2ccccc2)c1N. The fourth-order valence-electron chi connectivity index (χ4n) is 2.09. The molecule has 0 saturated carbocycles. The number of anilines is 3. The molecule has 0 bridgehead atoms. The van der Waals surface area contributed by atoms with Crippen molar-refractivity contribution in [2.45, 2.75) is 0 Å². The molecular weight excluding hydrogens is 276 g/mol. The van der Waals surface area contributed by atoms with E-state index in [4.69, 9.17) is 10.5 Å². The summed E-state index contributed by atoms with van der Waals surface area (Å²) in [4.78, 5) is 10.3. The third-order valence-corrected chi connectivity index (χ3v) is 3.25. The lowest BCUT2D eigenvalue weighted by molar-refractivity contribution is 0.464. The van der Waals surface area contributed by atoms with Gasteiger partial charge in [0.15, 0.2) is 5.82 Å². The minimum atomic E-state index is 0.346. The number of rotatable bonds is 4. The maximum absolute atomic E-state index is 6.18. The van der Waals surface area contributed by atoms with E-state index < -0.39 is 0 Å². The zero-order valence-electron chi connectivity index (χ0n) is 12.2. The minimum Gasteiger partial charge on any atom is -0.437 e. The Morgan fingerprint density at radius 1 is 0.909 bits per heavy atom. The lowest BCUT2D eigenvalue weighted by atomic mass is 10.3. The van der Waals surface area contributed by atoms with Gasteiger partial charge in [0.1, 0.15) is 17.8 Å². The number of benzene rings is 2. The van der Waals surface area contributed by atoms with E-state index in [0.717, 1.165) is 5.69 Å². The zero-order chi connectivity index (χ0) is 15.4. The summed E-state index contributed by atoms with van der Waals surface area (Å²) in [5.74, 6) is 1.63. The highest BCUT2D eigenvalue weighted by Gasteiger charge is 2.14. The van der Waals surface area contributed by atoms with E-state index in [1.54, 1.807) is 0 Å². The molecular formula is C17H16N4O. The Kier molecular flexibility index (Phi) is 3.87. The Bertz CT molecular complexity index is 747. The second-order valence-corrected chi connectivity index (χ2v) is 4.73. The number of para-hydroxylation sites is 2. The van der Waals surface area contributed by atoms with E-state index in [9.17, 15) is 0 Å². The predicted octanol–water partition coefficient (Wildman–Crippen LogP) is 3.62. The molecule has 0 radical (unpaired) electrons. The summed E-state index contributed by atoms with van der Waals surface area (Å²) < 4.78 is 5.73. The molecule has 5 nitrogen and oxygen atoms in total. The van der Waals surface area contributed by atoms with Crippen molar-refractivity contribution in [3.05, 3.63) is 67.0 Å². The standard InChI is InChI=1S/C17H16N4O/c1-21(13-8-4-2-5-9-13)16-15(18)17(20-12-19-16)22-14-10-6-3-7-11-14/h2-12H,18H2,1H3. The molecule has 2 N–H and O–H groups in total. The van der Waals surface area contributed by atoms with Gasteiger partial charge in [0, 0.05) is 12.7 Å². The third kappa shape index (κ3) is 2.83. The molecule has 0 aliphatic carbocycles. The van der Waals surface area contributed by atoms with Crippen molar-refractivity contribution in [3.63, 3.8) is 0 Å². The van der Waals surface area contributed by atoms with Crippen LogP contribution in [0.25, 0.3) is 0 Å². The predicted molar refractivity (Wildman–Crippen MR) is 87.5 cm³/mol. The summed E-state index contributed by atoms with van der Waals surface area (Å²) in [6, 6.07) is 19.3. The molecule has 0 spiro atoms. The van der Waals surface area contributed by atoms with Crippen molar-refractivity contribution in [2.24, 2.45) is 0 Å². The Labute approximate surface area is 129 Å². The van der Waals surface area contributed by atoms with Crippen LogP contribution in [0, 0.1) is 0 Å². The van der Waals surface area contributed by atoms with Gasteiger partial charge < -0.3 is 15.4 Å². The Hall–Kier alpha value is -3.08. The van der Waals surface area contributed by atoms with Crippen molar-refractivity contribution in [1.29, 1.82) is 0 Å². The van der Waals surface area contributed by atoms with Gasteiger partial charge in [0.05, 0.1) is 0 Å². The van der Waals surface area contributed by atoms with Crippen molar-refractivity contribution in [3.8, 4) is 11.6 Å². The quantitative estimate of drug-likeness (QED) is 0.795. The zero-order valence-corrected chi connectivity index (χ0v) is 12.2. The van der Waals surface area contributed by atoms with Gasteiger partial charge in [-0.05, 0) is 24.3 Å². The highest BCUT2D eigenvalue weighted by Crippen LogP contribution is 2.33. The van der Waals surface area contributed by atoms with Crippen LogP contribution < -0.4 is 15.4 Å². The summed E-state index contributed by atoms with van der Waals surface area (Å²) >= 11 is 0. The van der Waals surface area contributed by atoms with Crippen LogP contribution in [0.2, 0.25) is 0 Å². The molecule has 110 valence electrons. The van der Waals surface area contributed by atoms with Crippen LogP contribution in [0.15, 0.2) is 67.0 Å². The first-order valence-electron chi connectivity index (χ1n) is 6.88. The number of aromatic nitrogens is 2. The van der Waals surface area contributed by atoms with Crippen LogP contribution in [0.5, 0.6) is 11.6 Å². The summed E-state index contributed by atoms with van der Waals surface area (Å²) in [6.45, 7) is 0. The summed E-state index contributed by atoms with van der Waals surface area (Å²) in [6.07, 6.45) is 1.45. The van der Waals surface area contributed by atoms with Gasteiger partial charge in [-0.1, -0.05) is 36.4 Å². The van der Waals surface area contributed by atoms with E-state index in [2.05, 4.69) is 9.97 Å². The van der Waals surface area contributed by atoms with Gasteiger partial charge in [0.2, 0.25) is 5.88 Å². The van der Waals surface area contributed by atoms with Crippen molar-refractivity contribution < 1.29 is 4.74 Å². The Morgan fingerprint density at radius 2 is 1.55 bits per heavy atom. The molecule has 0 fully saturated rings. The molecule has 0 unspecified atom stereocenters. The van der Waals surface area contributed by atoms with Crippen LogP contribution in [-0.2, 0) is 0 Å². The maximum Gasteiger partial charge on any atom is 0.248 e. The molecule has 0 aliphatic rings. The van der Waals surface area contributed by atoms with Gasteiger partial charge in [-0.25, -0.2) is 4.98 Å². The normalized spacial score (nSPS) is 10.2. The van der Waals surface area contributed by atoms with Crippen LogP contribution in [-0.4, -0.2) is 17.0 Å². The van der Waals surface area contributed by atoms with Gasteiger partial charge in [-0.2, -0.15) is 4.98 Å². The number of nitrogens with two attached hydrogens (primary N) is 1. The monoisotopic (exact) mass is 292 g/mol. The molecule has 0 atom stereocenters. The van der Waals surface area contributed by atoms with Gasteiger partial charge in [0.25, 0.3) is 0 Å². The molecule has 22 heavy (non-hydrogen) atoms. The van der Waals surface area contributed by atoms with Gasteiger partial charge in [-0.15, -0.1) is 0 Å². The summed E-state index contributed by atoms with van der Waals surface area (Å²) in [5.41, 5.74) is 7.56. The molecule has 2 aromatic carbocycles. The first-order valence-corrected chi connectivity index (χ1v) is 6.88. The molecule has 0 aliphatic heterocycles. The van der Waals surface area contributed by atoms with E-state index in [0.29, 0.717) is 23.1 Å². The van der Waals surface area contributed by atoms with Crippen molar-refractivity contribution in [1.82, 2.24) is 9.97 Å². The number of nitrogen functional groups attached to an aromatic ring is 1. The van der Waals surface area contributed by atoms with E-state index >= 15 is 0 Å². The van der Waals surface area contributed by atoms with Crippen LogP contribution >= 0.6 is 0 Å². The number of hydrogen-bond acceptors (Lipinski definition) is 5. The molecule has 5 heteroatoms. The second-order valence-electron chi connectivity index (χ2n) is 4.73. The Morgan fingerprint density at radius 3 is 2.23 bits per heavy atom. The Balaban J connectivity index is 1.92. The average Bonchev–Trinajstić information content (AvgIpc) is 2.58. The first kappa shape index (κ1) is 13.9. The largest absolute Gasteiger partial charge is 0.437 e. The van der Waals surface area contributed by atoms with Crippen LogP contribution in [0.1, 0.15) is 0 Å². The molecule has 1 aromatic heterocycles. The average molecular weight is 292 g/mol. The van der Waals surface area contributed by atoms with Crippen LogP contribution in [0.3, 0.4) is 0 Å². The summed E-state index contributed by atoms with van der Waals surface area (Å²) in [5, 5.41) is 0. The lowest BCUT2D eigenvalue weighted by Crippen LogP contribution is -2.14. The first-order chi connectivity index (χ1) is 10.8. The number of ether oxygens (including phenoxy) is 1. The number of nitrogens with zero attached hydrogens (tertiary/aromatic N) is 3. The van der Waals surface area contributed by atoms with Gasteiger partial charge >= 0.3 is 0 Å². The van der Waals surface area contributed by atoms with Gasteiger partial charge in [-0.3, -0.25) is 0 Å². The fourth-order valence-corrected chi connectivity index (χ4v) is 2.09. The molecule has 3 rings (SSSR count). The highest BCUT2D eigenvalue weighted by atomic mass is 16.5. The topological polar surface area (TPSA) is 64.3 Å². The molecule has 0 saturated heterocycles. The third-order valence-electron chi connectivity index (χ3n) is 3.25. The van der Waals surface area contributed by atoms with E-state index in [1.165, 1.54) is 6.33 Å². The minimum absolute atomic E-state index is 0.346. The molecule has 3 aromatic rings. The lowest BCUT2D eigenvalue weighted by Gasteiger charge is -2.20. The van der Waals surface area contributed by atoms with Crippen molar-refractivity contribution in [2.75, 3.05) is 17.7 Å². The number of hydrogen-bond donors (Lipinski definition) is 1. The molecule has 0 amide bonds. The van der Waals surface area contributed by atoms with E-state index in [-0.39, 0.29) is 0 Å². The highest BCUT2D eigenvalue weighted by molar-refractivity contribution is 5.73. The summed E-state index contributed by atoms with van der Waals surface area (Å²) in [7, 11) is 1.90. The maximum atomic E-state index is 6.18. The van der Waals surface area contributed by atoms with E-state index in [1.807, 2.05) is 72.6 Å². The fraction of sp³-hybridized carbons (Fsp3) is 0.0588. The molecule has 1 heterocycles.